The van der Waals surface area contributed by atoms with Gasteiger partial charge >= 0.3 is 0 Å². The number of aromatic nitrogens is 1. The van der Waals surface area contributed by atoms with Gasteiger partial charge in [-0.2, -0.15) is 0 Å². The Morgan fingerprint density at radius 3 is 2.78 bits per heavy atom. The molecule has 144 valence electrons. The Hall–Kier alpha value is -2.24. The van der Waals surface area contributed by atoms with Gasteiger partial charge in [-0.15, -0.1) is 0 Å². The van der Waals surface area contributed by atoms with Crippen molar-refractivity contribution >= 4 is 5.91 Å². The molecule has 1 aliphatic rings. The van der Waals surface area contributed by atoms with Crippen LogP contribution in [0.4, 0.5) is 0 Å². The van der Waals surface area contributed by atoms with Crippen molar-refractivity contribution in [3.05, 3.63) is 64.5 Å². The third kappa shape index (κ3) is 5.15. The minimum atomic E-state index is 0.0909. The molecule has 0 spiro atoms. The molecule has 1 aromatic heterocycles. The number of benzene rings is 1. The average molecular weight is 367 g/mol. The molecule has 1 amide bonds. The van der Waals surface area contributed by atoms with Crippen LogP contribution in [0.3, 0.4) is 0 Å². The van der Waals surface area contributed by atoms with Crippen LogP contribution in [-0.2, 0) is 11.2 Å². The molecule has 2 N–H and O–H groups in total. The Morgan fingerprint density at radius 2 is 2.07 bits per heavy atom. The second-order valence-electron chi connectivity index (χ2n) is 7.45. The van der Waals surface area contributed by atoms with Gasteiger partial charge in [0.05, 0.1) is 6.54 Å². The van der Waals surface area contributed by atoms with E-state index in [4.69, 9.17) is 0 Å². The van der Waals surface area contributed by atoms with Gasteiger partial charge in [0.15, 0.2) is 0 Å². The molecule has 27 heavy (non-hydrogen) atoms. The minimum Gasteiger partial charge on any atom is -0.355 e. The zero-order chi connectivity index (χ0) is 19.2. The third-order valence-electron chi connectivity index (χ3n) is 5.31. The number of aryl methyl sites for hydroxylation is 3. The van der Waals surface area contributed by atoms with E-state index >= 15 is 0 Å². The van der Waals surface area contributed by atoms with Crippen LogP contribution in [-0.4, -0.2) is 48.5 Å². The molecule has 1 aromatic carbocycles. The van der Waals surface area contributed by atoms with E-state index in [-0.39, 0.29) is 11.9 Å². The van der Waals surface area contributed by atoms with E-state index in [0.29, 0.717) is 13.1 Å². The van der Waals surface area contributed by atoms with E-state index in [1.807, 2.05) is 12.3 Å². The summed E-state index contributed by atoms with van der Waals surface area (Å²) in [7, 11) is 0. The molecule has 1 atom stereocenters. The van der Waals surface area contributed by atoms with Gasteiger partial charge in [0.2, 0.25) is 5.91 Å². The standard InChI is InChI=1S/C22H30N4O/c1-16-11-17(2)20(18(3)12-16)6-8-25-22(27)15-26-10-9-24-14-21(26)19-5-4-7-23-13-19/h4-5,7,11-13,21,24H,6,8-10,14-15H2,1-3H3,(H,25,27). The Balaban J connectivity index is 1.54. The van der Waals surface area contributed by atoms with Crippen molar-refractivity contribution in [1.82, 2.24) is 20.5 Å². The van der Waals surface area contributed by atoms with Crippen LogP contribution in [0.25, 0.3) is 0 Å². The summed E-state index contributed by atoms with van der Waals surface area (Å²) in [6.07, 6.45) is 4.55. The van der Waals surface area contributed by atoms with Crippen molar-refractivity contribution in [3.63, 3.8) is 0 Å². The van der Waals surface area contributed by atoms with Crippen LogP contribution >= 0.6 is 0 Å². The number of nitrogens with zero attached hydrogens (tertiary/aromatic N) is 2. The second-order valence-corrected chi connectivity index (χ2v) is 7.45. The summed E-state index contributed by atoms with van der Waals surface area (Å²) >= 11 is 0. The fourth-order valence-electron chi connectivity index (χ4n) is 4.01. The number of pyridine rings is 1. The quantitative estimate of drug-likeness (QED) is 0.824. The number of piperazine rings is 1. The molecule has 0 radical (unpaired) electrons. The molecule has 1 aliphatic heterocycles. The maximum atomic E-state index is 12.5. The molecular formula is C22H30N4O. The summed E-state index contributed by atoms with van der Waals surface area (Å²) < 4.78 is 0. The maximum absolute atomic E-state index is 12.5. The lowest BCUT2D eigenvalue weighted by atomic mass is 9.97. The number of hydrogen-bond acceptors (Lipinski definition) is 4. The molecular weight excluding hydrogens is 336 g/mol. The highest BCUT2D eigenvalue weighted by Crippen LogP contribution is 2.21. The Labute approximate surface area is 162 Å². The van der Waals surface area contributed by atoms with Crippen molar-refractivity contribution in [2.75, 3.05) is 32.7 Å². The topological polar surface area (TPSA) is 57.3 Å². The summed E-state index contributed by atoms with van der Waals surface area (Å²) in [5, 5.41) is 6.52. The van der Waals surface area contributed by atoms with Crippen LogP contribution in [0.15, 0.2) is 36.7 Å². The summed E-state index contributed by atoms with van der Waals surface area (Å²) in [6.45, 7) is 10.1. The second kappa shape index (κ2) is 9.11. The highest BCUT2D eigenvalue weighted by Gasteiger charge is 2.25. The highest BCUT2D eigenvalue weighted by molar-refractivity contribution is 5.78. The van der Waals surface area contributed by atoms with Gasteiger partial charge in [-0.1, -0.05) is 23.8 Å². The van der Waals surface area contributed by atoms with Gasteiger partial charge in [0.25, 0.3) is 0 Å². The van der Waals surface area contributed by atoms with E-state index < -0.39 is 0 Å². The molecule has 0 saturated carbocycles. The number of carbonyl (C=O) groups excluding carboxylic acids is 1. The Kier molecular flexibility index (Phi) is 6.58. The molecule has 1 unspecified atom stereocenters. The fraction of sp³-hybridized carbons (Fsp3) is 0.455. The first-order valence-electron chi connectivity index (χ1n) is 9.72. The summed E-state index contributed by atoms with van der Waals surface area (Å²) in [5.74, 6) is 0.0909. The lowest BCUT2D eigenvalue weighted by molar-refractivity contribution is -0.123. The van der Waals surface area contributed by atoms with Crippen molar-refractivity contribution in [1.29, 1.82) is 0 Å². The van der Waals surface area contributed by atoms with Gasteiger partial charge in [0, 0.05) is 44.6 Å². The first-order chi connectivity index (χ1) is 13.0. The molecule has 1 fully saturated rings. The SMILES string of the molecule is Cc1cc(C)c(CCNC(=O)CN2CCNCC2c2cccnc2)c(C)c1. The van der Waals surface area contributed by atoms with Gasteiger partial charge in [-0.3, -0.25) is 14.7 Å². The smallest absolute Gasteiger partial charge is 0.234 e. The first-order valence-corrected chi connectivity index (χ1v) is 9.72. The van der Waals surface area contributed by atoms with Crippen LogP contribution in [0.5, 0.6) is 0 Å². The van der Waals surface area contributed by atoms with E-state index in [9.17, 15) is 4.79 Å². The Morgan fingerprint density at radius 1 is 1.30 bits per heavy atom. The molecule has 1 saturated heterocycles. The molecule has 0 bridgehead atoms. The van der Waals surface area contributed by atoms with E-state index in [1.54, 1.807) is 6.20 Å². The molecule has 3 rings (SSSR count). The number of rotatable bonds is 6. The number of amides is 1. The highest BCUT2D eigenvalue weighted by atomic mass is 16.2. The monoisotopic (exact) mass is 366 g/mol. The largest absolute Gasteiger partial charge is 0.355 e. The number of hydrogen-bond donors (Lipinski definition) is 2. The number of nitrogens with one attached hydrogen (secondary N) is 2. The Bertz CT molecular complexity index is 752. The summed E-state index contributed by atoms with van der Waals surface area (Å²) in [6, 6.07) is 8.65. The van der Waals surface area contributed by atoms with Crippen molar-refractivity contribution < 1.29 is 4.79 Å². The summed E-state index contributed by atoms with van der Waals surface area (Å²) in [4.78, 5) is 19.0. The molecule has 5 nitrogen and oxygen atoms in total. The van der Waals surface area contributed by atoms with E-state index in [0.717, 1.165) is 31.6 Å². The van der Waals surface area contributed by atoms with E-state index in [1.165, 1.54) is 22.3 Å². The van der Waals surface area contributed by atoms with Gasteiger partial charge in [-0.05, 0) is 55.5 Å². The molecule has 5 heteroatoms. The van der Waals surface area contributed by atoms with Crippen LogP contribution < -0.4 is 10.6 Å². The fourth-order valence-corrected chi connectivity index (χ4v) is 4.01. The van der Waals surface area contributed by atoms with Crippen LogP contribution in [0.2, 0.25) is 0 Å². The van der Waals surface area contributed by atoms with E-state index in [2.05, 4.69) is 59.5 Å². The zero-order valence-electron chi connectivity index (χ0n) is 16.6. The van der Waals surface area contributed by atoms with Crippen molar-refractivity contribution in [2.45, 2.75) is 33.2 Å². The van der Waals surface area contributed by atoms with Crippen molar-refractivity contribution in [2.24, 2.45) is 0 Å². The van der Waals surface area contributed by atoms with Gasteiger partial charge in [-0.25, -0.2) is 0 Å². The number of carbonyl (C=O) groups is 1. The lowest BCUT2D eigenvalue weighted by Crippen LogP contribution is -2.49. The first kappa shape index (κ1) is 19.5. The van der Waals surface area contributed by atoms with Gasteiger partial charge < -0.3 is 10.6 Å². The lowest BCUT2D eigenvalue weighted by Gasteiger charge is -2.35. The van der Waals surface area contributed by atoms with Crippen LogP contribution in [0, 0.1) is 20.8 Å². The predicted octanol–water partition coefficient (Wildman–Crippen LogP) is 2.31. The predicted molar refractivity (Wildman–Crippen MR) is 109 cm³/mol. The molecule has 2 aromatic rings. The summed E-state index contributed by atoms with van der Waals surface area (Å²) in [5.41, 5.74) is 6.40. The van der Waals surface area contributed by atoms with Crippen LogP contribution in [0.1, 0.15) is 33.9 Å². The normalized spacial score (nSPS) is 17.7. The maximum Gasteiger partial charge on any atom is 0.234 e. The minimum absolute atomic E-state index is 0.0909. The van der Waals surface area contributed by atoms with Gasteiger partial charge in [0.1, 0.15) is 0 Å². The molecule has 2 heterocycles. The third-order valence-corrected chi connectivity index (χ3v) is 5.31. The average Bonchev–Trinajstić information content (AvgIpc) is 2.65. The zero-order valence-corrected chi connectivity index (χ0v) is 16.6. The molecule has 0 aliphatic carbocycles. The van der Waals surface area contributed by atoms with Crippen molar-refractivity contribution in [3.8, 4) is 0 Å².